The van der Waals surface area contributed by atoms with Gasteiger partial charge in [-0.05, 0) is 77.3 Å². The fourth-order valence-corrected chi connectivity index (χ4v) is 5.29. The quantitative estimate of drug-likeness (QED) is 0.492. The minimum atomic E-state index is -1.41. The molecule has 31 heavy (non-hydrogen) atoms. The van der Waals surface area contributed by atoms with Crippen LogP contribution < -0.4 is 4.90 Å². The summed E-state index contributed by atoms with van der Waals surface area (Å²) in [6.07, 6.45) is 9.58. The predicted octanol–water partition coefficient (Wildman–Crippen LogP) is 6.64. The number of carbonyl (C=O) groups is 1. The molecule has 2 aliphatic carbocycles. The van der Waals surface area contributed by atoms with Crippen molar-refractivity contribution in [2.75, 3.05) is 4.90 Å². The zero-order valence-corrected chi connectivity index (χ0v) is 19.8. The smallest absolute Gasteiger partial charge is 0.418 e. The van der Waals surface area contributed by atoms with E-state index in [0.717, 1.165) is 25.7 Å². The van der Waals surface area contributed by atoms with Crippen molar-refractivity contribution in [3.8, 4) is 0 Å². The molecule has 0 spiro atoms. The molecule has 3 rings (SSSR count). The minimum Gasteiger partial charge on any atom is -0.443 e. The van der Waals surface area contributed by atoms with Crippen molar-refractivity contribution in [3.05, 3.63) is 30.3 Å². The molecule has 0 aliphatic heterocycles. The molecule has 2 aliphatic rings. The van der Waals surface area contributed by atoms with Crippen molar-refractivity contribution in [2.45, 2.75) is 110 Å². The van der Waals surface area contributed by atoms with Gasteiger partial charge in [-0.15, -0.1) is 0 Å². The molecule has 1 amide bonds. The summed E-state index contributed by atoms with van der Waals surface area (Å²) < 4.78 is 12.2. The van der Waals surface area contributed by atoms with Crippen LogP contribution in [0.25, 0.3) is 0 Å². The zero-order chi connectivity index (χ0) is 22.5. The van der Waals surface area contributed by atoms with E-state index in [4.69, 9.17) is 9.47 Å². The molecule has 0 heterocycles. The van der Waals surface area contributed by atoms with Crippen molar-refractivity contribution in [3.63, 3.8) is 0 Å². The molecule has 174 valence electrons. The summed E-state index contributed by atoms with van der Waals surface area (Å²) in [7, 11) is 0. The van der Waals surface area contributed by atoms with E-state index in [1.54, 1.807) is 12.1 Å². The second-order valence-electron chi connectivity index (χ2n) is 10.4. The highest BCUT2D eigenvalue weighted by atomic mass is 16.7. The van der Waals surface area contributed by atoms with Gasteiger partial charge in [0, 0.05) is 0 Å². The summed E-state index contributed by atoms with van der Waals surface area (Å²) in [4.78, 5) is 14.6. The maximum Gasteiger partial charge on any atom is 0.418 e. The summed E-state index contributed by atoms with van der Waals surface area (Å²) >= 11 is 0. The molecular weight excluding hydrogens is 390 g/mol. The fourth-order valence-electron chi connectivity index (χ4n) is 5.29. The maximum atomic E-state index is 13.4. The Hall–Kier alpha value is -1.59. The van der Waals surface area contributed by atoms with Crippen LogP contribution >= 0.6 is 0 Å². The normalized spacial score (nSPS) is 20.3. The van der Waals surface area contributed by atoms with Gasteiger partial charge in [0.2, 0.25) is 6.41 Å². The van der Waals surface area contributed by atoms with E-state index in [1.807, 2.05) is 45.9 Å². The average Bonchev–Trinajstić information content (AvgIpc) is 2.75. The van der Waals surface area contributed by atoms with Gasteiger partial charge in [-0.25, -0.2) is 9.69 Å². The number of anilines is 1. The monoisotopic (exact) mass is 431 g/mol. The number of para-hydroxylation sites is 1. The Morgan fingerprint density at radius 1 is 0.871 bits per heavy atom. The topological polar surface area (TPSA) is 59.0 Å². The van der Waals surface area contributed by atoms with Crippen LogP contribution in [-0.4, -0.2) is 28.8 Å². The number of nitrogens with zero attached hydrogens (tertiary/aromatic N) is 1. The van der Waals surface area contributed by atoms with Gasteiger partial charge in [-0.2, -0.15) is 0 Å². The molecule has 1 N–H and O–H groups in total. The van der Waals surface area contributed by atoms with Gasteiger partial charge in [-0.3, -0.25) is 0 Å². The van der Waals surface area contributed by atoms with Crippen molar-refractivity contribution < 1.29 is 19.4 Å². The van der Waals surface area contributed by atoms with Gasteiger partial charge in [0.25, 0.3) is 0 Å². The highest BCUT2D eigenvalue weighted by molar-refractivity contribution is 5.88. The first-order valence-electron chi connectivity index (χ1n) is 12.1. The summed E-state index contributed by atoms with van der Waals surface area (Å²) in [5.74, 6) is 0.697. The SMILES string of the molecule is CC(C)(OC(=O)N(c1ccccc1)[C@@H](O)OC(C)(C)C1CCCCC1)C1CCCCC1. The van der Waals surface area contributed by atoms with E-state index in [0.29, 0.717) is 17.5 Å². The lowest BCUT2D eigenvalue weighted by Crippen LogP contribution is -2.51. The van der Waals surface area contributed by atoms with Gasteiger partial charge in [0.1, 0.15) is 5.60 Å². The molecule has 1 aromatic rings. The average molecular weight is 432 g/mol. The van der Waals surface area contributed by atoms with Gasteiger partial charge in [-0.1, -0.05) is 56.7 Å². The molecule has 0 saturated heterocycles. The van der Waals surface area contributed by atoms with Gasteiger partial charge in [0.15, 0.2) is 0 Å². The minimum absolute atomic E-state index is 0.333. The number of carbonyl (C=O) groups excluding carboxylic acids is 1. The Kier molecular flexibility index (Phi) is 8.03. The molecule has 0 radical (unpaired) electrons. The van der Waals surface area contributed by atoms with Crippen LogP contribution in [0.5, 0.6) is 0 Å². The first kappa shape index (κ1) is 24.1. The zero-order valence-electron chi connectivity index (χ0n) is 19.8. The lowest BCUT2D eigenvalue weighted by molar-refractivity contribution is -0.193. The van der Waals surface area contributed by atoms with Crippen molar-refractivity contribution in [2.24, 2.45) is 11.8 Å². The molecule has 0 aromatic heterocycles. The Labute approximate surface area is 188 Å². The third kappa shape index (κ3) is 6.23. The lowest BCUT2D eigenvalue weighted by Gasteiger charge is -2.42. The summed E-state index contributed by atoms with van der Waals surface area (Å²) in [5, 5.41) is 11.1. The molecule has 0 unspecified atom stereocenters. The van der Waals surface area contributed by atoms with Crippen LogP contribution in [0.4, 0.5) is 10.5 Å². The molecular formula is C26H41NO4. The van der Waals surface area contributed by atoms with E-state index in [2.05, 4.69) is 0 Å². The molecule has 1 aromatic carbocycles. The van der Waals surface area contributed by atoms with Gasteiger partial charge >= 0.3 is 6.09 Å². The summed E-state index contributed by atoms with van der Waals surface area (Å²) in [5.41, 5.74) is -0.561. The third-order valence-corrected chi connectivity index (χ3v) is 7.39. The number of rotatable bonds is 7. The van der Waals surface area contributed by atoms with Crippen LogP contribution in [-0.2, 0) is 9.47 Å². The highest BCUT2D eigenvalue weighted by Crippen LogP contribution is 2.38. The van der Waals surface area contributed by atoms with Crippen LogP contribution in [0.2, 0.25) is 0 Å². The van der Waals surface area contributed by atoms with Gasteiger partial charge in [0.05, 0.1) is 11.3 Å². The Bertz CT molecular complexity index is 691. The van der Waals surface area contributed by atoms with E-state index >= 15 is 0 Å². The molecule has 5 heteroatoms. The van der Waals surface area contributed by atoms with E-state index in [-0.39, 0.29) is 0 Å². The first-order valence-corrected chi connectivity index (χ1v) is 12.1. The summed E-state index contributed by atoms with van der Waals surface area (Å²) in [6, 6.07) is 9.18. The number of ether oxygens (including phenoxy) is 2. The first-order chi connectivity index (χ1) is 14.7. The largest absolute Gasteiger partial charge is 0.443 e. The Balaban J connectivity index is 1.76. The van der Waals surface area contributed by atoms with Crippen molar-refractivity contribution in [1.29, 1.82) is 0 Å². The maximum absolute atomic E-state index is 13.4. The second kappa shape index (κ2) is 10.4. The number of benzene rings is 1. The van der Waals surface area contributed by atoms with Crippen LogP contribution in [0, 0.1) is 11.8 Å². The van der Waals surface area contributed by atoms with Crippen molar-refractivity contribution in [1.82, 2.24) is 0 Å². The van der Waals surface area contributed by atoms with Gasteiger partial charge < -0.3 is 14.6 Å². The molecule has 0 bridgehead atoms. The van der Waals surface area contributed by atoms with E-state index < -0.39 is 23.7 Å². The predicted molar refractivity (Wildman–Crippen MR) is 124 cm³/mol. The number of hydrogen-bond acceptors (Lipinski definition) is 4. The number of aliphatic hydroxyl groups excluding tert-OH is 1. The fraction of sp³-hybridized carbons (Fsp3) is 0.731. The number of aliphatic hydroxyl groups is 1. The lowest BCUT2D eigenvalue weighted by atomic mass is 9.79. The van der Waals surface area contributed by atoms with Crippen molar-refractivity contribution >= 4 is 11.8 Å². The van der Waals surface area contributed by atoms with Crippen LogP contribution in [0.15, 0.2) is 30.3 Å². The molecule has 2 fully saturated rings. The molecule has 2 saturated carbocycles. The third-order valence-electron chi connectivity index (χ3n) is 7.39. The number of amides is 1. The summed E-state index contributed by atoms with van der Waals surface area (Å²) in [6.45, 7) is 8.02. The van der Waals surface area contributed by atoms with E-state index in [9.17, 15) is 9.90 Å². The number of hydrogen-bond donors (Lipinski definition) is 1. The second-order valence-corrected chi connectivity index (χ2v) is 10.4. The highest BCUT2D eigenvalue weighted by Gasteiger charge is 2.40. The van der Waals surface area contributed by atoms with Crippen LogP contribution in [0.3, 0.4) is 0 Å². The Morgan fingerprint density at radius 2 is 1.35 bits per heavy atom. The van der Waals surface area contributed by atoms with Crippen LogP contribution in [0.1, 0.15) is 91.9 Å². The van der Waals surface area contributed by atoms with E-state index in [1.165, 1.54) is 43.4 Å². The molecule has 5 nitrogen and oxygen atoms in total. The Morgan fingerprint density at radius 3 is 1.87 bits per heavy atom. The standard InChI is InChI=1S/C26H41NO4/c1-25(2,20-14-8-5-9-15-20)30-23(28)27(22-18-12-7-13-19-22)24(29)31-26(3,4)21-16-10-6-11-17-21/h7,12-13,18-21,23,28H,5-6,8-11,14-17H2,1-4H3/t23-/m0/s1. The molecule has 1 atom stereocenters.